The summed E-state index contributed by atoms with van der Waals surface area (Å²) >= 11 is 0. The minimum atomic E-state index is -1.04. The Morgan fingerprint density at radius 1 is 1.32 bits per heavy atom. The third kappa shape index (κ3) is 2.81. The van der Waals surface area contributed by atoms with Crippen molar-refractivity contribution in [1.29, 1.82) is 0 Å². The van der Waals surface area contributed by atoms with Crippen LogP contribution in [-0.4, -0.2) is 35.4 Å². The van der Waals surface area contributed by atoms with Crippen LogP contribution in [0.3, 0.4) is 0 Å². The number of rotatable bonds is 2. The van der Waals surface area contributed by atoms with E-state index in [4.69, 9.17) is 0 Å². The van der Waals surface area contributed by atoms with Gasteiger partial charge in [-0.05, 0) is 5.56 Å². The number of hydrazine groups is 3. The van der Waals surface area contributed by atoms with Crippen molar-refractivity contribution in [3.8, 4) is 0 Å². The zero-order valence-electron chi connectivity index (χ0n) is 10.2. The lowest BCUT2D eigenvalue weighted by molar-refractivity contribution is -0.144. The van der Waals surface area contributed by atoms with E-state index in [1.54, 1.807) is 24.3 Å². The van der Waals surface area contributed by atoms with E-state index in [2.05, 4.69) is 21.1 Å². The van der Waals surface area contributed by atoms with Crippen LogP contribution in [-0.2, 0) is 9.53 Å². The summed E-state index contributed by atoms with van der Waals surface area (Å²) in [4.78, 5) is 22.6. The molecule has 8 nitrogen and oxygen atoms in total. The molecule has 2 rings (SSSR count). The molecule has 1 aromatic rings. The average Bonchev–Trinajstić information content (AvgIpc) is 2.46. The monoisotopic (exact) mass is 266 g/mol. The number of nitrogens with one attached hydrogen (secondary N) is 3. The van der Waals surface area contributed by atoms with Gasteiger partial charge in [0.2, 0.25) is 0 Å². The number of hydrogen-bond donors (Lipinski definition) is 4. The standard InChI is InChI=1S/C11H14N4O4/c1-19-11(18)15-13-8(7-5-3-2-4-6-7)9(10(16)17)12-14-15/h2-6,8-9,12-14H,1H3,(H,16,17). The predicted molar refractivity (Wildman–Crippen MR) is 64.3 cm³/mol. The number of nitrogens with zero attached hydrogens (tertiary/aromatic N) is 1. The summed E-state index contributed by atoms with van der Waals surface area (Å²) in [5, 5.41) is 10.1. The number of carbonyl (C=O) groups excluding carboxylic acids is 1. The van der Waals surface area contributed by atoms with E-state index in [-0.39, 0.29) is 0 Å². The van der Waals surface area contributed by atoms with E-state index < -0.39 is 24.1 Å². The zero-order chi connectivity index (χ0) is 13.8. The molecular weight excluding hydrogens is 252 g/mol. The van der Waals surface area contributed by atoms with Crippen LogP contribution in [0.1, 0.15) is 11.6 Å². The third-order valence-corrected chi connectivity index (χ3v) is 2.72. The van der Waals surface area contributed by atoms with Gasteiger partial charge in [-0.25, -0.2) is 15.6 Å². The topological polar surface area (TPSA) is 103 Å². The SMILES string of the molecule is COC(=O)N1NNC(C(=O)O)C(c2ccccc2)N1. The maximum Gasteiger partial charge on any atom is 0.440 e. The van der Waals surface area contributed by atoms with Gasteiger partial charge in [-0.15, -0.1) is 5.53 Å². The van der Waals surface area contributed by atoms with E-state index in [9.17, 15) is 14.7 Å². The summed E-state index contributed by atoms with van der Waals surface area (Å²) in [7, 11) is 1.23. The molecule has 1 aliphatic rings. The van der Waals surface area contributed by atoms with Crippen molar-refractivity contribution in [3.05, 3.63) is 35.9 Å². The number of carbonyl (C=O) groups is 2. The van der Waals surface area contributed by atoms with E-state index in [0.29, 0.717) is 0 Å². The van der Waals surface area contributed by atoms with Crippen LogP contribution >= 0.6 is 0 Å². The van der Waals surface area contributed by atoms with Gasteiger partial charge in [0.05, 0.1) is 13.2 Å². The first-order valence-corrected chi connectivity index (χ1v) is 5.56. The number of amides is 1. The fraction of sp³-hybridized carbons (Fsp3) is 0.273. The number of aliphatic carboxylic acids is 1. The van der Waals surface area contributed by atoms with E-state index >= 15 is 0 Å². The molecule has 2 atom stereocenters. The van der Waals surface area contributed by atoms with Gasteiger partial charge in [-0.1, -0.05) is 30.3 Å². The number of hydrogen-bond acceptors (Lipinski definition) is 6. The van der Waals surface area contributed by atoms with Crippen molar-refractivity contribution in [3.63, 3.8) is 0 Å². The minimum absolute atomic E-state index is 0.612. The van der Waals surface area contributed by atoms with Gasteiger partial charge in [-0.2, -0.15) is 5.12 Å². The Bertz CT molecular complexity index is 467. The van der Waals surface area contributed by atoms with Gasteiger partial charge in [0, 0.05) is 0 Å². The molecule has 1 heterocycles. The number of ether oxygens (including phenoxy) is 1. The second kappa shape index (κ2) is 5.65. The molecule has 8 heteroatoms. The Kier molecular flexibility index (Phi) is 3.95. The number of methoxy groups -OCH3 is 1. The number of benzene rings is 1. The lowest BCUT2D eigenvalue weighted by atomic mass is 10.0. The quantitative estimate of drug-likeness (QED) is 0.586. The van der Waals surface area contributed by atoms with Crippen LogP contribution in [0.5, 0.6) is 0 Å². The van der Waals surface area contributed by atoms with Crippen LogP contribution in [0.4, 0.5) is 4.79 Å². The number of carboxylic acid groups (broad SMARTS) is 1. The molecule has 102 valence electrons. The van der Waals surface area contributed by atoms with E-state index in [0.717, 1.165) is 10.7 Å². The maximum absolute atomic E-state index is 11.4. The minimum Gasteiger partial charge on any atom is -0.480 e. The maximum atomic E-state index is 11.4. The Morgan fingerprint density at radius 3 is 2.58 bits per heavy atom. The van der Waals surface area contributed by atoms with E-state index in [1.165, 1.54) is 7.11 Å². The molecule has 0 aromatic heterocycles. The molecular formula is C11H14N4O4. The molecule has 19 heavy (non-hydrogen) atoms. The fourth-order valence-electron chi connectivity index (χ4n) is 1.78. The number of carboxylic acids is 1. The first-order valence-electron chi connectivity index (χ1n) is 5.56. The average molecular weight is 266 g/mol. The lowest BCUT2D eigenvalue weighted by Crippen LogP contribution is -2.69. The largest absolute Gasteiger partial charge is 0.480 e. The molecule has 0 saturated carbocycles. The van der Waals surface area contributed by atoms with Gasteiger partial charge in [0.1, 0.15) is 6.04 Å². The highest BCUT2D eigenvalue weighted by Gasteiger charge is 2.36. The molecule has 4 N–H and O–H groups in total. The van der Waals surface area contributed by atoms with Crippen molar-refractivity contribution >= 4 is 12.1 Å². The zero-order valence-corrected chi connectivity index (χ0v) is 10.2. The summed E-state index contributed by atoms with van der Waals surface area (Å²) < 4.78 is 4.54. The Labute approximate surface area is 109 Å². The summed E-state index contributed by atoms with van der Waals surface area (Å²) in [6.07, 6.45) is -0.683. The van der Waals surface area contributed by atoms with Crippen LogP contribution in [0.2, 0.25) is 0 Å². The molecule has 1 aliphatic heterocycles. The summed E-state index contributed by atoms with van der Waals surface area (Å²) in [5.41, 5.74) is 8.45. The summed E-state index contributed by atoms with van der Waals surface area (Å²) in [5.74, 6) is -1.04. The van der Waals surface area contributed by atoms with Gasteiger partial charge in [0.15, 0.2) is 0 Å². The van der Waals surface area contributed by atoms with Gasteiger partial charge in [-0.3, -0.25) is 4.79 Å². The second-order valence-electron chi connectivity index (χ2n) is 3.89. The highest BCUT2D eigenvalue weighted by atomic mass is 16.6. The molecule has 0 spiro atoms. The third-order valence-electron chi connectivity index (χ3n) is 2.72. The summed E-state index contributed by atoms with van der Waals surface area (Å²) in [6.45, 7) is 0. The molecule has 1 fully saturated rings. The molecule has 1 amide bonds. The predicted octanol–water partition coefficient (Wildman–Crippen LogP) is -0.223. The van der Waals surface area contributed by atoms with Crippen LogP contribution in [0.25, 0.3) is 0 Å². The van der Waals surface area contributed by atoms with Crippen LogP contribution < -0.4 is 16.4 Å². The Hall–Kier alpha value is -2.16. The lowest BCUT2D eigenvalue weighted by Gasteiger charge is -2.37. The van der Waals surface area contributed by atoms with Gasteiger partial charge in [0.25, 0.3) is 0 Å². The normalized spacial score (nSPS) is 22.9. The van der Waals surface area contributed by atoms with Crippen molar-refractivity contribution in [2.45, 2.75) is 12.1 Å². The Balaban J connectivity index is 2.23. The first kappa shape index (κ1) is 13.3. The highest BCUT2D eigenvalue weighted by molar-refractivity contribution is 5.75. The van der Waals surface area contributed by atoms with Crippen molar-refractivity contribution in [2.75, 3.05) is 7.11 Å². The summed E-state index contributed by atoms with van der Waals surface area (Å²) in [6, 6.07) is 7.42. The molecule has 1 saturated heterocycles. The van der Waals surface area contributed by atoms with Crippen molar-refractivity contribution in [2.24, 2.45) is 0 Å². The molecule has 0 radical (unpaired) electrons. The van der Waals surface area contributed by atoms with Crippen molar-refractivity contribution < 1.29 is 19.4 Å². The smallest absolute Gasteiger partial charge is 0.440 e. The molecule has 0 aliphatic carbocycles. The molecule has 0 bridgehead atoms. The van der Waals surface area contributed by atoms with Gasteiger partial charge < -0.3 is 9.84 Å². The highest BCUT2D eigenvalue weighted by Crippen LogP contribution is 2.19. The fourth-order valence-corrected chi connectivity index (χ4v) is 1.78. The second-order valence-corrected chi connectivity index (χ2v) is 3.89. The van der Waals surface area contributed by atoms with Crippen LogP contribution in [0.15, 0.2) is 30.3 Å². The molecule has 2 unspecified atom stereocenters. The molecule has 1 aromatic carbocycles. The van der Waals surface area contributed by atoms with Crippen LogP contribution in [0, 0.1) is 0 Å². The van der Waals surface area contributed by atoms with E-state index in [1.807, 2.05) is 6.07 Å². The van der Waals surface area contributed by atoms with Gasteiger partial charge >= 0.3 is 12.1 Å². The Morgan fingerprint density at radius 2 is 2.00 bits per heavy atom. The van der Waals surface area contributed by atoms with Crippen molar-refractivity contribution in [1.82, 2.24) is 21.5 Å². The first-order chi connectivity index (χ1) is 9.13.